The summed E-state index contributed by atoms with van der Waals surface area (Å²) in [6.07, 6.45) is -3.81. The van der Waals surface area contributed by atoms with Crippen LogP contribution in [0.5, 0.6) is 0 Å². The van der Waals surface area contributed by atoms with Crippen molar-refractivity contribution in [2.45, 2.75) is 64.8 Å². The molecule has 8 heteroatoms. The predicted octanol–water partition coefficient (Wildman–Crippen LogP) is 1.79. The van der Waals surface area contributed by atoms with Crippen LogP contribution in [-0.4, -0.2) is 55.0 Å². The monoisotopic (exact) mass is 394 g/mol. The number of benzene rings is 1. The Morgan fingerprint density at radius 1 is 0.893 bits per heavy atom. The molecule has 1 fully saturated rings. The van der Waals surface area contributed by atoms with Gasteiger partial charge in [0, 0.05) is 20.8 Å². The van der Waals surface area contributed by atoms with Crippen LogP contribution in [0.2, 0.25) is 0 Å². The summed E-state index contributed by atoms with van der Waals surface area (Å²) in [5, 5.41) is 0. The molecule has 0 saturated carbocycles. The van der Waals surface area contributed by atoms with Gasteiger partial charge in [-0.25, -0.2) is 0 Å². The second kappa shape index (κ2) is 10.2. The second-order valence-electron chi connectivity index (χ2n) is 6.59. The zero-order valence-corrected chi connectivity index (χ0v) is 16.5. The Morgan fingerprint density at radius 3 is 2.07 bits per heavy atom. The number of carbonyl (C=O) groups is 3. The number of hydrogen-bond donors (Lipinski definition) is 0. The minimum Gasteiger partial charge on any atom is -0.463 e. The Bertz CT molecular complexity index is 674. The molecule has 1 aromatic rings. The standard InChI is InChI=1S/C20H26O8/c1-12-18(27-14(3)22)20(25-10-16-8-6-5-7-9-16)19(28-15(4)23)17(26-12)11-24-13(2)21/h5-9,12,17-20H,10-11H2,1-4H3/t12?,17-,18-,19-,20+/m1/s1. The maximum Gasteiger partial charge on any atom is 0.303 e. The van der Waals surface area contributed by atoms with Gasteiger partial charge in [-0.05, 0) is 12.5 Å². The Labute approximate surface area is 164 Å². The Hall–Kier alpha value is -2.45. The fourth-order valence-electron chi connectivity index (χ4n) is 3.08. The van der Waals surface area contributed by atoms with Crippen LogP contribution in [0.25, 0.3) is 0 Å². The van der Waals surface area contributed by atoms with Gasteiger partial charge < -0.3 is 23.7 Å². The van der Waals surface area contributed by atoms with Crippen molar-refractivity contribution in [3.05, 3.63) is 35.9 Å². The van der Waals surface area contributed by atoms with Crippen molar-refractivity contribution < 1.29 is 38.1 Å². The maximum absolute atomic E-state index is 11.7. The highest BCUT2D eigenvalue weighted by Crippen LogP contribution is 2.29. The SMILES string of the molecule is CC(=O)OC[C@H]1OC(C)[C@@H](OC(C)=O)[C@H](OCc2ccccc2)[C@@H]1OC(C)=O. The van der Waals surface area contributed by atoms with Crippen molar-refractivity contribution in [2.75, 3.05) is 6.61 Å². The van der Waals surface area contributed by atoms with Crippen LogP contribution in [0.15, 0.2) is 30.3 Å². The van der Waals surface area contributed by atoms with E-state index in [-0.39, 0.29) is 13.2 Å². The lowest BCUT2D eigenvalue weighted by molar-refractivity contribution is -0.254. The van der Waals surface area contributed by atoms with Crippen molar-refractivity contribution >= 4 is 17.9 Å². The maximum atomic E-state index is 11.7. The van der Waals surface area contributed by atoms with Gasteiger partial charge in [0.15, 0.2) is 12.2 Å². The molecule has 0 spiro atoms. The first-order valence-corrected chi connectivity index (χ1v) is 9.06. The van der Waals surface area contributed by atoms with Crippen molar-refractivity contribution in [3.63, 3.8) is 0 Å². The molecule has 1 aliphatic heterocycles. The fourth-order valence-corrected chi connectivity index (χ4v) is 3.08. The van der Waals surface area contributed by atoms with Crippen LogP contribution >= 0.6 is 0 Å². The summed E-state index contributed by atoms with van der Waals surface area (Å²) >= 11 is 0. The first-order chi connectivity index (χ1) is 13.3. The summed E-state index contributed by atoms with van der Waals surface area (Å²) in [6.45, 7) is 5.64. The molecule has 0 aromatic heterocycles. The minimum absolute atomic E-state index is 0.115. The largest absolute Gasteiger partial charge is 0.463 e. The summed E-state index contributed by atoms with van der Waals surface area (Å²) in [7, 11) is 0. The van der Waals surface area contributed by atoms with E-state index in [0.29, 0.717) is 0 Å². The normalized spacial score (nSPS) is 26.9. The quantitative estimate of drug-likeness (QED) is 0.510. The van der Waals surface area contributed by atoms with Crippen LogP contribution in [-0.2, 0) is 44.7 Å². The number of esters is 3. The molecule has 1 heterocycles. The van der Waals surface area contributed by atoms with Crippen LogP contribution < -0.4 is 0 Å². The molecule has 1 aromatic carbocycles. The van der Waals surface area contributed by atoms with E-state index in [1.165, 1.54) is 20.8 Å². The number of hydrogen-bond acceptors (Lipinski definition) is 8. The molecule has 0 N–H and O–H groups in total. The fraction of sp³-hybridized carbons (Fsp3) is 0.550. The number of rotatable bonds is 7. The molecule has 0 bridgehead atoms. The average Bonchev–Trinajstić information content (AvgIpc) is 2.62. The highest BCUT2D eigenvalue weighted by molar-refractivity contribution is 5.67. The summed E-state index contributed by atoms with van der Waals surface area (Å²) < 4.78 is 27.7. The van der Waals surface area contributed by atoms with Crippen molar-refractivity contribution in [1.82, 2.24) is 0 Å². The molecule has 1 unspecified atom stereocenters. The summed E-state index contributed by atoms with van der Waals surface area (Å²) in [5.74, 6) is -1.54. The number of ether oxygens (including phenoxy) is 5. The van der Waals surface area contributed by atoms with Crippen molar-refractivity contribution in [2.24, 2.45) is 0 Å². The molecular weight excluding hydrogens is 368 g/mol. The van der Waals surface area contributed by atoms with Gasteiger partial charge in [-0.2, -0.15) is 0 Å². The van der Waals surface area contributed by atoms with Crippen LogP contribution in [0.1, 0.15) is 33.3 Å². The van der Waals surface area contributed by atoms with E-state index in [4.69, 9.17) is 23.7 Å². The molecule has 0 aliphatic carbocycles. The molecule has 1 saturated heterocycles. The van der Waals surface area contributed by atoms with E-state index in [9.17, 15) is 14.4 Å². The van der Waals surface area contributed by atoms with Gasteiger partial charge in [0.2, 0.25) is 0 Å². The van der Waals surface area contributed by atoms with Gasteiger partial charge in [-0.3, -0.25) is 14.4 Å². The topological polar surface area (TPSA) is 97.4 Å². The van der Waals surface area contributed by atoms with E-state index in [0.717, 1.165) is 5.56 Å². The summed E-state index contributed by atoms with van der Waals surface area (Å²) in [4.78, 5) is 34.5. The molecule has 5 atom stereocenters. The molecule has 0 amide bonds. The highest BCUT2D eigenvalue weighted by Gasteiger charge is 2.49. The van der Waals surface area contributed by atoms with Gasteiger partial charge in [0.05, 0.1) is 12.7 Å². The van der Waals surface area contributed by atoms with Crippen LogP contribution in [0.3, 0.4) is 0 Å². The second-order valence-corrected chi connectivity index (χ2v) is 6.59. The third kappa shape index (κ3) is 6.31. The first kappa shape index (κ1) is 21.8. The Kier molecular flexibility index (Phi) is 7.95. The molecule has 2 rings (SSSR count). The van der Waals surface area contributed by atoms with Gasteiger partial charge in [-0.15, -0.1) is 0 Å². The lowest BCUT2D eigenvalue weighted by atomic mass is 9.95. The minimum atomic E-state index is -0.916. The molecule has 28 heavy (non-hydrogen) atoms. The van der Waals surface area contributed by atoms with Gasteiger partial charge in [0.1, 0.15) is 18.8 Å². The van der Waals surface area contributed by atoms with Gasteiger partial charge in [0.25, 0.3) is 0 Å². The summed E-state index contributed by atoms with van der Waals surface area (Å²) in [5.41, 5.74) is 0.904. The smallest absolute Gasteiger partial charge is 0.303 e. The zero-order valence-electron chi connectivity index (χ0n) is 16.5. The van der Waals surface area contributed by atoms with E-state index in [2.05, 4.69) is 0 Å². The third-order valence-electron chi connectivity index (χ3n) is 4.21. The van der Waals surface area contributed by atoms with Crippen molar-refractivity contribution in [1.29, 1.82) is 0 Å². The van der Waals surface area contributed by atoms with Gasteiger partial charge >= 0.3 is 17.9 Å². The summed E-state index contributed by atoms with van der Waals surface area (Å²) in [6, 6.07) is 9.42. The van der Waals surface area contributed by atoms with Crippen LogP contribution in [0.4, 0.5) is 0 Å². The first-order valence-electron chi connectivity index (χ1n) is 9.06. The Balaban J connectivity index is 2.26. The van der Waals surface area contributed by atoms with Crippen LogP contribution in [0, 0.1) is 0 Å². The molecular formula is C20H26O8. The van der Waals surface area contributed by atoms with E-state index < -0.39 is 48.4 Å². The third-order valence-corrected chi connectivity index (χ3v) is 4.21. The molecule has 1 aliphatic rings. The van der Waals surface area contributed by atoms with Crippen molar-refractivity contribution in [3.8, 4) is 0 Å². The van der Waals surface area contributed by atoms with E-state index >= 15 is 0 Å². The lowest BCUT2D eigenvalue weighted by Gasteiger charge is -2.44. The Morgan fingerprint density at radius 2 is 1.50 bits per heavy atom. The zero-order chi connectivity index (χ0) is 20.7. The highest BCUT2D eigenvalue weighted by atomic mass is 16.6. The molecule has 8 nitrogen and oxygen atoms in total. The van der Waals surface area contributed by atoms with E-state index in [1.54, 1.807) is 6.92 Å². The lowest BCUT2D eigenvalue weighted by Crippen LogP contribution is -2.61. The average molecular weight is 394 g/mol. The number of carbonyl (C=O) groups excluding carboxylic acids is 3. The predicted molar refractivity (Wildman–Crippen MR) is 97.1 cm³/mol. The van der Waals surface area contributed by atoms with E-state index in [1.807, 2.05) is 30.3 Å². The molecule has 154 valence electrons. The molecule has 0 radical (unpaired) electrons. The van der Waals surface area contributed by atoms with Gasteiger partial charge in [-0.1, -0.05) is 30.3 Å².